The van der Waals surface area contributed by atoms with E-state index in [1.165, 1.54) is 11.1 Å². The molecule has 1 heterocycles. The molecule has 1 aliphatic heterocycles. The highest BCUT2D eigenvalue weighted by molar-refractivity contribution is 5.38. The molecule has 3 heteroatoms. The summed E-state index contributed by atoms with van der Waals surface area (Å²) in [5, 5.41) is 0. The molecule has 0 saturated carbocycles. The number of hydrogen-bond donors (Lipinski definition) is 0. The van der Waals surface area contributed by atoms with Crippen LogP contribution in [0, 0.1) is 0 Å². The molecule has 1 atom stereocenters. The number of methoxy groups -OCH3 is 1. The zero-order valence-corrected chi connectivity index (χ0v) is 9.49. The highest BCUT2D eigenvalue weighted by atomic mass is 16.6. The molecule has 1 aliphatic rings. The van der Waals surface area contributed by atoms with Gasteiger partial charge in [-0.05, 0) is 31.8 Å². The molecule has 1 fully saturated rings. The Hall–Kier alpha value is -1.06. The monoisotopic (exact) mass is 207 g/mol. The Balaban J connectivity index is 2.25. The molecule has 0 spiro atoms. The average molecular weight is 207 g/mol. The maximum absolute atomic E-state index is 5.33. The quantitative estimate of drug-likeness (QED) is 0.704. The van der Waals surface area contributed by atoms with Crippen LogP contribution in [0.25, 0.3) is 0 Å². The third-order valence-corrected chi connectivity index (χ3v) is 2.50. The summed E-state index contributed by atoms with van der Waals surface area (Å²) >= 11 is 0. The Labute approximate surface area is 90.6 Å². The molecular weight excluding hydrogens is 190 g/mol. The summed E-state index contributed by atoms with van der Waals surface area (Å²) in [4.78, 5) is 2.13. The first-order valence-corrected chi connectivity index (χ1v) is 5.14. The number of epoxide rings is 1. The van der Waals surface area contributed by atoms with Crippen LogP contribution in [0.15, 0.2) is 18.2 Å². The zero-order chi connectivity index (χ0) is 10.8. The van der Waals surface area contributed by atoms with E-state index in [4.69, 9.17) is 9.47 Å². The van der Waals surface area contributed by atoms with Gasteiger partial charge in [0.05, 0.1) is 13.7 Å². The van der Waals surface area contributed by atoms with Crippen molar-refractivity contribution in [2.24, 2.45) is 0 Å². The van der Waals surface area contributed by atoms with Gasteiger partial charge in [-0.3, -0.25) is 0 Å². The second-order valence-corrected chi connectivity index (χ2v) is 4.13. The third kappa shape index (κ3) is 2.49. The molecule has 0 aliphatic carbocycles. The van der Waals surface area contributed by atoms with Crippen molar-refractivity contribution < 1.29 is 9.47 Å². The highest BCUT2D eigenvalue weighted by Crippen LogP contribution is 2.32. The van der Waals surface area contributed by atoms with E-state index >= 15 is 0 Å². The predicted molar refractivity (Wildman–Crippen MR) is 59.1 cm³/mol. The van der Waals surface area contributed by atoms with E-state index < -0.39 is 0 Å². The zero-order valence-electron chi connectivity index (χ0n) is 9.49. The summed E-state index contributed by atoms with van der Waals surface area (Å²) in [6.45, 7) is 1.75. The molecule has 0 aromatic heterocycles. The van der Waals surface area contributed by atoms with Gasteiger partial charge < -0.3 is 14.4 Å². The van der Waals surface area contributed by atoms with Crippen molar-refractivity contribution in [1.82, 2.24) is 4.90 Å². The SMILES string of the molecule is COc1ccc([C@@H]2CO2)cc1CN(C)C. The summed E-state index contributed by atoms with van der Waals surface area (Å²) in [5.41, 5.74) is 2.48. The summed E-state index contributed by atoms with van der Waals surface area (Å²) < 4.78 is 10.6. The second kappa shape index (κ2) is 4.21. The molecule has 1 saturated heterocycles. The van der Waals surface area contributed by atoms with Gasteiger partial charge in [0.1, 0.15) is 11.9 Å². The normalized spacial score (nSPS) is 19.3. The van der Waals surface area contributed by atoms with Crippen LogP contribution in [0.3, 0.4) is 0 Å². The van der Waals surface area contributed by atoms with Gasteiger partial charge in [0.25, 0.3) is 0 Å². The number of benzene rings is 1. The third-order valence-electron chi connectivity index (χ3n) is 2.50. The topological polar surface area (TPSA) is 25.0 Å². The molecule has 82 valence electrons. The Morgan fingerprint density at radius 1 is 1.47 bits per heavy atom. The maximum Gasteiger partial charge on any atom is 0.123 e. The number of nitrogens with zero attached hydrogens (tertiary/aromatic N) is 1. The van der Waals surface area contributed by atoms with Crippen LogP contribution in [0.1, 0.15) is 17.2 Å². The molecule has 0 unspecified atom stereocenters. The van der Waals surface area contributed by atoms with Gasteiger partial charge in [0.15, 0.2) is 0 Å². The van der Waals surface area contributed by atoms with Crippen LogP contribution in [-0.2, 0) is 11.3 Å². The lowest BCUT2D eigenvalue weighted by atomic mass is 10.1. The van der Waals surface area contributed by atoms with Crippen LogP contribution in [0.4, 0.5) is 0 Å². The van der Waals surface area contributed by atoms with Gasteiger partial charge in [0, 0.05) is 12.1 Å². The Bertz CT molecular complexity index is 345. The first-order chi connectivity index (χ1) is 7.20. The van der Waals surface area contributed by atoms with Crippen LogP contribution in [-0.4, -0.2) is 32.7 Å². The summed E-state index contributed by atoms with van der Waals surface area (Å²) in [7, 11) is 5.82. The Morgan fingerprint density at radius 3 is 2.73 bits per heavy atom. The van der Waals surface area contributed by atoms with E-state index in [-0.39, 0.29) is 0 Å². The largest absolute Gasteiger partial charge is 0.496 e. The van der Waals surface area contributed by atoms with Crippen LogP contribution >= 0.6 is 0 Å². The van der Waals surface area contributed by atoms with E-state index in [1.807, 2.05) is 6.07 Å². The molecule has 15 heavy (non-hydrogen) atoms. The Morgan fingerprint density at radius 2 is 2.20 bits per heavy atom. The second-order valence-electron chi connectivity index (χ2n) is 4.13. The van der Waals surface area contributed by atoms with Gasteiger partial charge in [-0.2, -0.15) is 0 Å². The van der Waals surface area contributed by atoms with Gasteiger partial charge in [-0.25, -0.2) is 0 Å². The fraction of sp³-hybridized carbons (Fsp3) is 0.500. The lowest BCUT2D eigenvalue weighted by molar-refractivity contribution is 0.370. The van der Waals surface area contributed by atoms with Crippen molar-refractivity contribution in [2.45, 2.75) is 12.6 Å². The predicted octanol–water partition coefficient (Wildman–Crippen LogP) is 1.83. The number of rotatable bonds is 4. The van der Waals surface area contributed by atoms with Crippen LogP contribution in [0.5, 0.6) is 5.75 Å². The summed E-state index contributed by atoms with van der Waals surface area (Å²) in [5.74, 6) is 0.952. The van der Waals surface area contributed by atoms with Crippen molar-refractivity contribution >= 4 is 0 Å². The lowest BCUT2D eigenvalue weighted by Gasteiger charge is -2.14. The standard InChI is InChI=1S/C12H17NO2/c1-13(2)7-10-6-9(12-8-15-12)4-5-11(10)14-3/h4-6,12H,7-8H2,1-3H3/t12-/m0/s1. The van der Waals surface area contributed by atoms with E-state index in [2.05, 4.69) is 31.1 Å². The number of ether oxygens (including phenoxy) is 2. The minimum atomic E-state index is 0.316. The molecule has 0 N–H and O–H groups in total. The fourth-order valence-electron chi connectivity index (χ4n) is 1.70. The summed E-state index contributed by atoms with van der Waals surface area (Å²) in [6, 6.07) is 6.28. The lowest BCUT2D eigenvalue weighted by Crippen LogP contribution is -2.11. The van der Waals surface area contributed by atoms with Crippen molar-refractivity contribution in [2.75, 3.05) is 27.8 Å². The van der Waals surface area contributed by atoms with Crippen molar-refractivity contribution in [1.29, 1.82) is 0 Å². The fourth-order valence-corrected chi connectivity index (χ4v) is 1.70. The first kappa shape index (κ1) is 10.5. The van der Waals surface area contributed by atoms with E-state index in [1.54, 1.807) is 7.11 Å². The maximum atomic E-state index is 5.33. The molecule has 0 amide bonds. The number of hydrogen-bond acceptors (Lipinski definition) is 3. The van der Waals surface area contributed by atoms with Crippen LogP contribution < -0.4 is 4.74 Å². The van der Waals surface area contributed by atoms with Crippen molar-refractivity contribution in [3.8, 4) is 5.75 Å². The van der Waals surface area contributed by atoms with Crippen molar-refractivity contribution in [3.63, 3.8) is 0 Å². The van der Waals surface area contributed by atoms with Crippen LogP contribution in [0.2, 0.25) is 0 Å². The van der Waals surface area contributed by atoms with E-state index in [0.29, 0.717) is 6.10 Å². The molecule has 0 bridgehead atoms. The van der Waals surface area contributed by atoms with Crippen molar-refractivity contribution in [3.05, 3.63) is 29.3 Å². The molecule has 1 aromatic rings. The smallest absolute Gasteiger partial charge is 0.123 e. The summed E-state index contributed by atoms with van der Waals surface area (Å²) in [6.07, 6.45) is 0.316. The molecule has 3 nitrogen and oxygen atoms in total. The molecule has 0 radical (unpaired) electrons. The van der Waals surface area contributed by atoms with Gasteiger partial charge >= 0.3 is 0 Å². The first-order valence-electron chi connectivity index (χ1n) is 5.14. The molecular formula is C12H17NO2. The molecule has 2 rings (SSSR count). The average Bonchev–Trinajstić information content (AvgIpc) is 3.00. The molecule has 1 aromatic carbocycles. The van der Waals surface area contributed by atoms with E-state index in [9.17, 15) is 0 Å². The van der Waals surface area contributed by atoms with Gasteiger partial charge in [-0.1, -0.05) is 6.07 Å². The van der Waals surface area contributed by atoms with E-state index in [0.717, 1.165) is 18.9 Å². The van der Waals surface area contributed by atoms with Gasteiger partial charge in [-0.15, -0.1) is 0 Å². The highest BCUT2D eigenvalue weighted by Gasteiger charge is 2.25. The minimum Gasteiger partial charge on any atom is -0.496 e. The minimum absolute atomic E-state index is 0.316. The Kier molecular flexibility index (Phi) is 2.93. The van der Waals surface area contributed by atoms with Gasteiger partial charge in [0.2, 0.25) is 0 Å².